The summed E-state index contributed by atoms with van der Waals surface area (Å²) in [5.74, 6) is -3.77. The van der Waals surface area contributed by atoms with E-state index >= 15 is 0 Å². The highest BCUT2D eigenvalue weighted by Crippen LogP contribution is 2.35. The third kappa shape index (κ3) is 5.89. The Labute approximate surface area is 196 Å². The van der Waals surface area contributed by atoms with Gasteiger partial charge in [0.15, 0.2) is 0 Å². The molecule has 3 rings (SSSR count). The summed E-state index contributed by atoms with van der Waals surface area (Å²) in [5.41, 5.74) is 0.481. The Balaban J connectivity index is 2.05. The average molecular weight is 494 g/mol. The van der Waals surface area contributed by atoms with Crippen LogP contribution >= 0.6 is 0 Å². The summed E-state index contributed by atoms with van der Waals surface area (Å²) in [4.78, 5) is 49.5. The second-order valence-corrected chi connectivity index (χ2v) is 10.5. The molecule has 0 bridgehead atoms. The van der Waals surface area contributed by atoms with E-state index in [2.05, 4.69) is 4.72 Å². The van der Waals surface area contributed by atoms with Crippen molar-refractivity contribution < 1.29 is 41.9 Å². The number of rotatable bonds is 3. The predicted octanol–water partition coefficient (Wildman–Crippen LogP) is 2.19. The number of benzene rings is 1. The van der Waals surface area contributed by atoms with Crippen molar-refractivity contribution >= 4 is 44.3 Å². The molecule has 2 aromatic rings. The Hall–Kier alpha value is -3.05. The lowest BCUT2D eigenvalue weighted by molar-refractivity contribution is -0.144. The van der Waals surface area contributed by atoms with Gasteiger partial charge in [-0.15, -0.1) is 0 Å². The molecule has 1 aromatic heterocycles. The van der Waals surface area contributed by atoms with Crippen molar-refractivity contribution in [3.05, 3.63) is 29.0 Å². The highest BCUT2D eigenvalue weighted by atomic mass is 32.2. The van der Waals surface area contributed by atoms with Crippen molar-refractivity contribution in [2.45, 2.75) is 58.6 Å². The van der Waals surface area contributed by atoms with Crippen molar-refractivity contribution in [1.29, 1.82) is 0 Å². The van der Waals surface area contributed by atoms with Crippen LogP contribution in [0.25, 0.3) is 11.0 Å². The number of aromatic hydroxyl groups is 1. The number of fused-ring (bicyclic) bond motifs is 3. The number of hydrogen-bond donors (Lipinski definition) is 2. The van der Waals surface area contributed by atoms with Crippen LogP contribution in [-0.2, 0) is 42.1 Å². The van der Waals surface area contributed by atoms with E-state index in [9.17, 15) is 32.7 Å². The highest BCUT2D eigenvalue weighted by molar-refractivity contribution is 7.88. The van der Waals surface area contributed by atoms with Crippen LogP contribution in [0.3, 0.4) is 0 Å². The lowest BCUT2D eigenvalue weighted by atomic mass is 9.93. The number of carbonyl (C=O) groups is 4. The molecule has 0 fully saturated rings. The molecule has 2 atom stereocenters. The molecule has 10 nitrogen and oxygen atoms in total. The van der Waals surface area contributed by atoms with Gasteiger partial charge in [-0.3, -0.25) is 14.4 Å². The molecule has 0 radical (unpaired) electrons. The Morgan fingerprint density at radius 1 is 1.06 bits per heavy atom. The van der Waals surface area contributed by atoms with Gasteiger partial charge in [-0.05, 0) is 43.7 Å². The zero-order valence-corrected chi connectivity index (χ0v) is 20.0. The molecule has 0 amide bonds. The first-order chi connectivity index (χ1) is 15.9. The van der Waals surface area contributed by atoms with Gasteiger partial charge in [0, 0.05) is 24.3 Å². The van der Waals surface area contributed by atoms with Gasteiger partial charge >= 0.3 is 5.97 Å². The number of sulfonamides is 1. The molecule has 2 heterocycles. The topological polar surface area (TPSA) is 157 Å². The Morgan fingerprint density at radius 2 is 1.74 bits per heavy atom. The Kier molecular flexibility index (Phi) is 7.57. The lowest BCUT2D eigenvalue weighted by Crippen LogP contribution is -2.27. The minimum atomic E-state index is -3.49. The number of carbonyl (C=O) groups excluding carboxylic acids is 4. The molecule has 34 heavy (non-hydrogen) atoms. The third-order valence-electron chi connectivity index (χ3n) is 5.93. The van der Waals surface area contributed by atoms with Gasteiger partial charge < -0.3 is 14.3 Å². The summed E-state index contributed by atoms with van der Waals surface area (Å²) in [6, 6.07) is 2.80. The molecule has 0 saturated heterocycles. The number of nitrogens with one attached hydrogen (secondary N) is 1. The molecule has 11 heteroatoms. The van der Waals surface area contributed by atoms with E-state index < -0.39 is 39.4 Å². The van der Waals surface area contributed by atoms with Gasteiger partial charge in [0.05, 0.1) is 12.8 Å². The van der Waals surface area contributed by atoms with E-state index in [4.69, 9.17) is 9.15 Å². The fourth-order valence-electron chi connectivity index (χ4n) is 3.81. The molecular weight excluding hydrogens is 466 g/mol. The lowest BCUT2D eigenvalue weighted by Gasteiger charge is -2.21. The Bertz CT molecular complexity index is 1260. The van der Waals surface area contributed by atoms with Crippen LogP contribution in [0.5, 0.6) is 5.75 Å². The van der Waals surface area contributed by atoms with Crippen molar-refractivity contribution in [2.24, 2.45) is 5.92 Å². The van der Waals surface area contributed by atoms with E-state index in [1.54, 1.807) is 19.9 Å². The van der Waals surface area contributed by atoms with Crippen molar-refractivity contribution in [2.75, 3.05) is 6.26 Å². The molecule has 0 unspecified atom stereocenters. The quantitative estimate of drug-likeness (QED) is 0.483. The molecule has 1 aliphatic heterocycles. The summed E-state index contributed by atoms with van der Waals surface area (Å²) < 4.78 is 36.3. The van der Waals surface area contributed by atoms with Gasteiger partial charge in [-0.25, -0.2) is 17.9 Å². The number of furan rings is 1. The Morgan fingerprint density at radius 3 is 2.41 bits per heavy atom. The van der Waals surface area contributed by atoms with Gasteiger partial charge in [-0.1, -0.05) is 6.92 Å². The molecule has 1 aliphatic rings. The van der Waals surface area contributed by atoms with Gasteiger partial charge in [-0.2, -0.15) is 0 Å². The minimum absolute atomic E-state index is 0.0816. The number of ketones is 3. The minimum Gasteiger partial charge on any atom is -0.507 e. The monoisotopic (exact) mass is 493 g/mol. The number of aryl methyl sites for hydroxylation is 1. The average Bonchev–Trinajstić information content (AvgIpc) is 3.16. The number of phenolic OH excluding ortho intramolecular Hbond substituents is 1. The molecule has 1 aromatic carbocycles. The van der Waals surface area contributed by atoms with Crippen molar-refractivity contribution in [1.82, 2.24) is 4.72 Å². The van der Waals surface area contributed by atoms with E-state index in [-0.39, 0.29) is 67.2 Å². The summed E-state index contributed by atoms with van der Waals surface area (Å²) in [5, 5.41) is 11.1. The van der Waals surface area contributed by atoms with Crippen LogP contribution in [0, 0.1) is 5.92 Å². The molecular formula is C23H27NO9S. The highest BCUT2D eigenvalue weighted by Gasteiger charge is 2.29. The first-order valence-corrected chi connectivity index (χ1v) is 12.8. The fourth-order valence-corrected chi connectivity index (χ4v) is 4.21. The van der Waals surface area contributed by atoms with Crippen LogP contribution in [-0.4, -0.2) is 49.2 Å². The summed E-state index contributed by atoms with van der Waals surface area (Å²) >= 11 is 0. The van der Waals surface area contributed by atoms with E-state index in [0.717, 1.165) is 6.26 Å². The number of phenols is 1. The number of Topliss-reactive ketones (excluding diaryl/α,β-unsaturated/α-hetero) is 3. The largest absolute Gasteiger partial charge is 0.507 e. The smallest absolute Gasteiger partial charge is 0.342 e. The normalized spacial score (nSPS) is 21.3. The number of esters is 1. The molecule has 184 valence electrons. The summed E-state index contributed by atoms with van der Waals surface area (Å²) in [6.45, 7) is 3.26. The first-order valence-electron chi connectivity index (χ1n) is 10.9. The molecule has 0 saturated carbocycles. The number of hydrogen-bond acceptors (Lipinski definition) is 9. The summed E-state index contributed by atoms with van der Waals surface area (Å²) in [7, 11) is -3.49. The standard InChI is InChI=1S/C23H27NO9S/c1-12-7-8-18(26)22(28)17(25)6-4-5-15-16-9-14(11-24-34(3,30)31)33-20(16)10-19(27)21(15)23(29)32-13(12)2/h9-10,12-13,24,27H,4-8,11H2,1-3H3/t12-,13+/m1/s1. The van der Waals surface area contributed by atoms with Crippen LogP contribution in [0.1, 0.15) is 61.2 Å². The zero-order valence-electron chi connectivity index (χ0n) is 19.2. The van der Waals surface area contributed by atoms with Gasteiger partial charge in [0.1, 0.15) is 28.8 Å². The second-order valence-electron chi connectivity index (χ2n) is 8.62. The van der Waals surface area contributed by atoms with Gasteiger partial charge in [0.25, 0.3) is 5.78 Å². The predicted molar refractivity (Wildman–Crippen MR) is 121 cm³/mol. The maximum atomic E-state index is 13.0. The van der Waals surface area contributed by atoms with E-state index in [1.165, 1.54) is 6.07 Å². The zero-order chi connectivity index (χ0) is 25.2. The molecule has 0 spiro atoms. The number of cyclic esters (lactones) is 1. The number of ether oxygens (including phenoxy) is 1. The summed E-state index contributed by atoms with van der Waals surface area (Å²) in [6.07, 6.45) is 0.535. The van der Waals surface area contributed by atoms with Gasteiger partial charge in [0.2, 0.25) is 21.6 Å². The fraction of sp³-hybridized carbons (Fsp3) is 0.478. The molecule has 2 N–H and O–H groups in total. The van der Waals surface area contributed by atoms with E-state index in [0.29, 0.717) is 10.9 Å². The third-order valence-corrected chi connectivity index (χ3v) is 6.60. The van der Waals surface area contributed by atoms with Crippen LogP contribution < -0.4 is 4.72 Å². The SMILES string of the molecule is C[C@@H]1CCC(=O)C(=O)C(=O)CCCc2c(c(O)cc3oc(CNS(C)(=O)=O)cc23)C(=O)O[C@H]1C. The second kappa shape index (κ2) is 10.1. The maximum absolute atomic E-state index is 13.0. The first kappa shape index (κ1) is 25.6. The molecule has 0 aliphatic carbocycles. The maximum Gasteiger partial charge on any atom is 0.342 e. The van der Waals surface area contributed by atoms with Crippen molar-refractivity contribution in [3.63, 3.8) is 0 Å². The van der Waals surface area contributed by atoms with Crippen molar-refractivity contribution in [3.8, 4) is 5.75 Å². The van der Waals surface area contributed by atoms with Crippen LogP contribution in [0.2, 0.25) is 0 Å². The van der Waals surface area contributed by atoms with Crippen LogP contribution in [0.15, 0.2) is 16.5 Å². The van der Waals surface area contributed by atoms with E-state index in [1.807, 2.05) is 0 Å². The van der Waals surface area contributed by atoms with Crippen LogP contribution in [0.4, 0.5) is 0 Å².